The van der Waals surface area contributed by atoms with Crippen molar-refractivity contribution in [1.29, 1.82) is 0 Å². The van der Waals surface area contributed by atoms with Crippen LogP contribution in [0.3, 0.4) is 0 Å². The summed E-state index contributed by atoms with van der Waals surface area (Å²) in [6.07, 6.45) is -3.41. The van der Waals surface area contributed by atoms with Crippen LogP contribution in [0.4, 0.5) is 24.8 Å². The number of nitrogens with one attached hydrogen (secondary N) is 1. The van der Waals surface area contributed by atoms with Crippen LogP contribution < -0.4 is 5.32 Å². The molecule has 0 unspecified atom stereocenters. The largest absolute Gasteiger partial charge is 0.433 e. The number of alkyl halides is 3. The normalized spacial score (nSPS) is 11.3. The Morgan fingerprint density at radius 3 is 2.38 bits per heavy atom. The number of rotatable bonds is 3. The highest BCUT2D eigenvalue weighted by Gasteiger charge is 2.32. The third-order valence-corrected chi connectivity index (χ3v) is 3.39. The van der Waals surface area contributed by atoms with Gasteiger partial charge < -0.3 is 5.32 Å². The van der Waals surface area contributed by atoms with E-state index in [4.69, 9.17) is 0 Å². The quantitative estimate of drug-likeness (QED) is 0.716. The van der Waals surface area contributed by atoms with E-state index >= 15 is 0 Å². The summed E-state index contributed by atoms with van der Waals surface area (Å²) in [5, 5.41) is 2.85. The second-order valence-electron chi connectivity index (χ2n) is 5.34. The summed E-state index contributed by atoms with van der Waals surface area (Å²) in [6.45, 7) is 1.92. The van der Waals surface area contributed by atoms with Gasteiger partial charge in [0.15, 0.2) is 0 Å². The number of anilines is 2. The van der Waals surface area contributed by atoms with Gasteiger partial charge in [-0.3, -0.25) is 0 Å². The van der Waals surface area contributed by atoms with Crippen LogP contribution in [0.15, 0.2) is 60.8 Å². The van der Waals surface area contributed by atoms with Crippen molar-refractivity contribution in [3.05, 3.63) is 72.1 Å². The Labute approximate surface area is 137 Å². The van der Waals surface area contributed by atoms with Gasteiger partial charge >= 0.3 is 6.18 Å². The molecule has 0 saturated carbocycles. The molecule has 122 valence electrons. The molecule has 0 amide bonds. The first-order valence-corrected chi connectivity index (χ1v) is 7.26. The first-order valence-electron chi connectivity index (χ1n) is 7.26. The van der Waals surface area contributed by atoms with Crippen LogP contribution in [-0.2, 0) is 6.18 Å². The highest BCUT2D eigenvalue weighted by atomic mass is 19.4. The molecule has 1 aromatic heterocycles. The van der Waals surface area contributed by atoms with E-state index in [1.807, 2.05) is 55.5 Å². The minimum atomic E-state index is -4.50. The molecule has 2 aromatic carbocycles. The van der Waals surface area contributed by atoms with Crippen LogP contribution in [0.1, 0.15) is 11.3 Å². The summed E-state index contributed by atoms with van der Waals surface area (Å²) < 4.78 is 38.2. The molecule has 24 heavy (non-hydrogen) atoms. The fraction of sp³-hybridized carbons (Fsp3) is 0.111. The van der Waals surface area contributed by atoms with Gasteiger partial charge in [0, 0.05) is 11.9 Å². The van der Waals surface area contributed by atoms with Crippen LogP contribution in [0, 0.1) is 6.92 Å². The molecule has 6 heteroatoms. The van der Waals surface area contributed by atoms with Crippen molar-refractivity contribution < 1.29 is 13.2 Å². The van der Waals surface area contributed by atoms with Crippen molar-refractivity contribution in [2.45, 2.75) is 13.1 Å². The average Bonchev–Trinajstić information content (AvgIpc) is 2.54. The minimum absolute atomic E-state index is 0.0885. The number of hydrogen-bond donors (Lipinski definition) is 1. The standard InChI is InChI=1S/C18H14F3N3/c1-12-9-14(13-5-3-2-4-6-13)11-15(10-12)23-17-22-8-7-16(24-17)18(19,20)21/h2-11H,1H3,(H,22,23,24). The summed E-state index contributed by atoms with van der Waals surface area (Å²) in [6, 6.07) is 16.3. The molecule has 0 aliphatic heterocycles. The second-order valence-corrected chi connectivity index (χ2v) is 5.34. The molecule has 0 saturated heterocycles. The summed E-state index contributed by atoms with van der Waals surface area (Å²) in [7, 11) is 0. The summed E-state index contributed by atoms with van der Waals surface area (Å²) in [4.78, 5) is 7.38. The lowest BCUT2D eigenvalue weighted by Gasteiger charge is -2.11. The van der Waals surface area contributed by atoms with Crippen molar-refractivity contribution >= 4 is 11.6 Å². The SMILES string of the molecule is Cc1cc(Nc2nccc(C(F)(F)F)n2)cc(-c2ccccc2)c1. The molecule has 0 radical (unpaired) electrons. The van der Waals surface area contributed by atoms with E-state index in [0.717, 1.165) is 29.0 Å². The highest BCUT2D eigenvalue weighted by molar-refractivity contribution is 5.70. The van der Waals surface area contributed by atoms with Gasteiger partial charge in [-0.05, 0) is 41.8 Å². The first-order chi connectivity index (χ1) is 11.4. The maximum absolute atomic E-state index is 12.7. The number of hydrogen-bond acceptors (Lipinski definition) is 3. The van der Waals surface area contributed by atoms with Crippen LogP contribution >= 0.6 is 0 Å². The Bertz CT molecular complexity index is 846. The minimum Gasteiger partial charge on any atom is -0.324 e. The predicted octanol–water partition coefficient (Wildman–Crippen LogP) is 5.21. The van der Waals surface area contributed by atoms with Gasteiger partial charge in [0.1, 0.15) is 5.69 Å². The van der Waals surface area contributed by atoms with E-state index in [1.165, 1.54) is 0 Å². The van der Waals surface area contributed by atoms with Gasteiger partial charge in [-0.15, -0.1) is 0 Å². The Morgan fingerprint density at radius 2 is 1.67 bits per heavy atom. The molecule has 0 bridgehead atoms. The van der Waals surface area contributed by atoms with Crippen molar-refractivity contribution in [3.63, 3.8) is 0 Å². The maximum Gasteiger partial charge on any atom is 0.433 e. The molecule has 3 nitrogen and oxygen atoms in total. The van der Waals surface area contributed by atoms with E-state index < -0.39 is 11.9 Å². The Balaban J connectivity index is 1.92. The number of benzene rings is 2. The Hall–Kier alpha value is -2.89. The first kappa shape index (κ1) is 16.0. The number of nitrogens with zero attached hydrogens (tertiary/aromatic N) is 2. The summed E-state index contributed by atoms with van der Waals surface area (Å²) >= 11 is 0. The zero-order valence-corrected chi connectivity index (χ0v) is 12.8. The van der Waals surface area contributed by atoms with Gasteiger partial charge in [0.25, 0.3) is 0 Å². The molecule has 0 aliphatic carbocycles. The van der Waals surface area contributed by atoms with Gasteiger partial charge in [-0.25, -0.2) is 9.97 Å². The van der Waals surface area contributed by atoms with Crippen molar-refractivity contribution in [3.8, 4) is 11.1 Å². The number of aromatic nitrogens is 2. The average molecular weight is 329 g/mol. The fourth-order valence-electron chi connectivity index (χ4n) is 2.36. The van der Waals surface area contributed by atoms with E-state index in [-0.39, 0.29) is 5.95 Å². The third kappa shape index (κ3) is 3.71. The summed E-state index contributed by atoms with van der Waals surface area (Å²) in [5.41, 5.74) is 2.62. The van der Waals surface area contributed by atoms with Gasteiger partial charge in [0.2, 0.25) is 5.95 Å². The highest BCUT2D eigenvalue weighted by Crippen LogP contribution is 2.29. The topological polar surface area (TPSA) is 37.8 Å². The van der Waals surface area contributed by atoms with Gasteiger partial charge in [0.05, 0.1) is 0 Å². The Morgan fingerprint density at radius 1 is 0.917 bits per heavy atom. The van der Waals surface area contributed by atoms with Gasteiger partial charge in [-0.1, -0.05) is 36.4 Å². The molecular weight excluding hydrogens is 315 g/mol. The molecule has 0 aliphatic rings. The lowest BCUT2D eigenvalue weighted by molar-refractivity contribution is -0.141. The predicted molar refractivity (Wildman–Crippen MR) is 86.9 cm³/mol. The zero-order valence-electron chi connectivity index (χ0n) is 12.8. The van der Waals surface area contributed by atoms with Crippen molar-refractivity contribution in [2.75, 3.05) is 5.32 Å². The van der Waals surface area contributed by atoms with Crippen molar-refractivity contribution in [2.24, 2.45) is 0 Å². The molecule has 3 aromatic rings. The van der Waals surface area contributed by atoms with Crippen LogP contribution in [0.5, 0.6) is 0 Å². The van der Waals surface area contributed by atoms with Crippen molar-refractivity contribution in [1.82, 2.24) is 9.97 Å². The second kappa shape index (κ2) is 6.31. The monoisotopic (exact) mass is 329 g/mol. The van der Waals surface area contributed by atoms with Crippen LogP contribution in [-0.4, -0.2) is 9.97 Å². The smallest absolute Gasteiger partial charge is 0.324 e. The molecule has 1 N–H and O–H groups in total. The fourth-order valence-corrected chi connectivity index (χ4v) is 2.36. The van der Waals surface area contributed by atoms with E-state index in [0.29, 0.717) is 5.69 Å². The molecule has 0 spiro atoms. The molecular formula is C18H14F3N3. The van der Waals surface area contributed by atoms with E-state index in [9.17, 15) is 13.2 Å². The van der Waals surface area contributed by atoms with Crippen LogP contribution in [0.2, 0.25) is 0 Å². The Kier molecular flexibility index (Phi) is 4.20. The molecule has 1 heterocycles. The molecule has 0 atom stereocenters. The molecule has 3 rings (SSSR count). The van der Waals surface area contributed by atoms with Gasteiger partial charge in [-0.2, -0.15) is 13.2 Å². The third-order valence-electron chi connectivity index (χ3n) is 3.39. The molecule has 0 fully saturated rings. The lowest BCUT2D eigenvalue weighted by atomic mass is 10.0. The van der Waals surface area contributed by atoms with E-state index in [1.54, 1.807) is 0 Å². The van der Waals surface area contributed by atoms with E-state index in [2.05, 4.69) is 15.3 Å². The lowest BCUT2D eigenvalue weighted by Crippen LogP contribution is -2.10. The number of halogens is 3. The van der Waals surface area contributed by atoms with Crippen LogP contribution in [0.25, 0.3) is 11.1 Å². The zero-order chi connectivity index (χ0) is 17.2. The summed E-state index contributed by atoms with van der Waals surface area (Å²) in [5.74, 6) is -0.0885. The number of aryl methyl sites for hydroxylation is 1. The maximum atomic E-state index is 12.7.